The first-order valence-electron chi connectivity index (χ1n) is 8.85. The van der Waals surface area contributed by atoms with Crippen LogP contribution < -0.4 is 15.0 Å². The second-order valence-electron chi connectivity index (χ2n) is 7.28. The highest BCUT2D eigenvalue weighted by molar-refractivity contribution is 6.31. The summed E-state index contributed by atoms with van der Waals surface area (Å²) in [6.45, 7) is 7.70. The van der Waals surface area contributed by atoms with E-state index < -0.39 is 5.60 Å². The number of carbonyl (C=O) groups is 2. The summed E-state index contributed by atoms with van der Waals surface area (Å²) in [6.07, 6.45) is 0.167. The number of hydrogen-bond acceptors (Lipinski definition) is 3. The number of ether oxygens (including phenoxy) is 1. The highest BCUT2D eigenvalue weighted by Gasteiger charge is 2.40. The van der Waals surface area contributed by atoms with E-state index in [1.807, 2.05) is 32.0 Å². The van der Waals surface area contributed by atoms with Crippen molar-refractivity contribution in [1.82, 2.24) is 0 Å². The van der Waals surface area contributed by atoms with E-state index in [0.29, 0.717) is 16.5 Å². The summed E-state index contributed by atoms with van der Waals surface area (Å²) in [5.74, 6) is 0.230. The zero-order valence-corrected chi connectivity index (χ0v) is 16.7. The lowest BCUT2D eigenvalue weighted by atomic mass is 10.0. The second kappa shape index (κ2) is 7.24. The predicted octanol–water partition coefficient (Wildman–Crippen LogP) is 4.49. The number of nitrogens with zero attached hydrogens (tertiary/aromatic N) is 1. The largest absolute Gasteiger partial charge is 0.476 e. The van der Waals surface area contributed by atoms with Crippen LogP contribution in [0.15, 0.2) is 36.4 Å². The molecule has 1 N–H and O–H groups in total. The maximum Gasteiger partial charge on any atom is 0.270 e. The summed E-state index contributed by atoms with van der Waals surface area (Å²) < 4.78 is 5.79. The van der Waals surface area contributed by atoms with Gasteiger partial charge in [0.05, 0.1) is 5.69 Å². The van der Waals surface area contributed by atoms with Crippen LogP contribution in [-0.4, -0.2) is 24.0 Å². The fourth-order valence-corrected chi connectivity index (χ4v) is 3.19. The van der Waals surface area contributed by atoms with Gasteiger partial charge < -0.3 is 15.0 Å². The Labute approximate surface area is 164 Å². The minimum absolute atomic E-state index is 0.154. The maximum atomic E-state index is 12.8. The lowest BCUT2D eigenvalue weighted by Crippen LogP contribution is -2.53. The standard InChI is InChI=1S/C21H23ClN2O3/c1-13-5-7-16(11-14(13)2)23-19(25)9-10-24-17-12-15(22)6-8-18(17)27-21(3,4)20(24)26/h5-8,11-12H,9-10H2,1-4H3,(H,23,25). The fourth-order valence-electron chi connectivity index (χ4n) is 3.02. The van der Waals surface area contributed by atoms with Gasteiger partial charge in [0.15, 0.2) is 5.60 Å². The van der Waals surface area contributed by atoms with Gasteiger partial charge in [0.2, 0.25) is 5.91 Å². The molecule has 0 spiro atoms. The van der Waals surface area contributed by atoms with E-state index >= 15 is 0 Å². The molecule has 0 fully saturated rings. The Bertz CT molecular complexity index is 908. The lowest BCUT2D eigenvalue weighted by molar-refractivity contribution is -0.132. The number of nitrogens with one attached hydrogen (secondary N) is 1. The Kier molecular flexibility index (Phi) is 5.16. The van der Waals surface area contributed by atoms with Gasteiger partial charge in [-0.2, -0.15) is 0 Å². The molecule has 0 saturated heterocycles. The number of aryl methyl sites for hydroxylation is 2. The Balaban J connectivity index is 1.74. The molecule has 142 valence electrons. The molecule has 2 aromatic carbocycles. The number of anilines is 2. The Morgan fingerprint density at radius 3 is 2.59 bits per heavy atom. The quantitative estimate of drug-likeness (QED) is 0.842. The molecule has 0 bridgehead atoms. The number of benzene rings is 2. The lowest BCUT2D eigenvalue weighted by Gasteiger charge is -2.38. The van der Waals surface area contributed by atoms with E-state index in [-0.39, 0.29) is 24.8 Å². The topological polar surface area (TPSA) is 58.6 Å². The van der Waals surface area contributed by atoms with Crippen LogP contribution in [0.1, 0.15) is 31.4 Å². The number of fused-ring (bicyclic) bond motifs is 1. The van der Waals surface area contributed by atoms with E-state index in [4.69, 9.17) is 16.3 Å². The van der Waals surface area contributed by atoms with Crippen molar-refractivity contribution in [2.45, 2.75) is 39.7 Å². The zero-order valence-electron chi connectivity index (χ0n) is 15.9. The van der Waals surface area contributed by atoms with E-state index in [1.165, 1.54) is 5.56 Å². The number of carbonyl (C=O) groups excluding carboxylic acids is 2. The molecule has 0 aliphatic carbocycles. The van der Waals surface area contributed by atoms with Crippen LogP contribution in [0.2, 0.25) is 5.02 Å². The number of halogens is 1. The third-order valence-corrected chi connectivity index (χ3v) is 4.93. The van der Waals surface area contributed by atoms with Crippen molar-refractivity contribution in [2.75, 3.05) is 16.8 Å². The van der Waals surface area contributed by atoms with Crippen LogP contribution in [0, 0.1) is 13.8 Å². The van der Waals surface area contributed by atoms with Crippen molar-refractivity contribution in [1.29, 1.82) is 0 Å². The number of hydrogen-bond donors (Lipinski definition) is 1. The van der Waals surface area contributed by atoms with Crippen LogP contribution in [0.4, 0.5) is 11.4 Å². The summed E-state index contributed by atoms with van der Waals surface area (Å²) in [6, 6.07) is 10.9. The van der Waals surface area contributed by atoms with Crippen LogP contribution in [0.5, 0.6) is 5.75 Å². The first-order valence-corrected chi connectivity index (χ1v) is 9.23. The van der Waals surface area contributed by atoms with E-state index in [1.54, 1.807) is 36.9 Å². The minimum atomic E-state index is -0.995. The molecule has 5 nitrogen and oxygen atoms in total. The third kappa shape index (κ3) is 4.08. The van der Waals surface area contributed by atoms with E-state index in [9.17, 15) is 9.59 Å². The number of rotatable bonds is 4. The summed E-state index contributed by atoms with van der Waals surface area (Å²) in [5.41, 5.74) is 2.63. The molecular formula is C21H23ClN2O3. The average Bonchev–Trinajstić information content (AvgIpc) is 2.59. The summed E-state index contributed by atoms with van der Waals surface area (Å²) in [5, 5.41) is 3.39. The maximum absolute atomic E-state index is 12.8. The van der Waals surface area contributed by atoms with Gasteiger partial charge in [-0.25, -0.2) is 0 Å². The molecule has 1 aliphatic rings. The monoisotopic (exact) mass is 386 g/mol. The first kappa shape index (κ1) is 19.2. The van der Waals surface area contributed by atoms with Gasteiger partial charge in [-0.1, -0.05) is 17.7 Å². The van der Waals surface area contributed by atoms with E-state index in [0.717, 1.165) is 11.3 Å². The van der Waals surface area contributed by atoms with Crippen molar-refractivity contribution in [3.05, 3.63) is 52.5 Å². The van der Waals surface area contributed by atoms with Gasteiger partial charge in [0.1, 0.15) is 5.75 Å². The Hall–Kier alpha value is -2.53. The molecule has 0 aromatic heterocycles. The minimum Gasteiger partial charge on any atom is -0.476 e. The van der Waals surface area contributed by atoms with Gasteiger partial charge in [0, 0.05) is 23.7 Å². The SMILES string of the molecule is Cc1ccc(NC(=O)CCN2C(=O)C(C)(C)Oc3ccc(Cl)cc32)cc1C. The fraction of sp³-hybridized carbons (Fsp3) is 0.333. The third-order valence-electron chi connectivity index (χ3n) is 4.69. The zero-order chi connectivity index (χ0) is 19.8. The molecule has 0 atom stereocenters. The van der Waals surface area contributed by atoms with Crippen LogP contribution in [0.3, 0.4) is 0 Å². The highest BCUT2D eigenvalue weighted by atomic mass is 35.5. The van der Waals surface area contributed by atoms with Crippen LogP contribution >= 0.6 is 11.6 Å². The van der Waals surface area contributed by atoms with Gasteiger partial charge >= 0.3 is 0 Å². The molecule has 0 unspecified atom stereocenters. The van der Waals surface area contributed by atoms with Gasteiger partial charge in [-0.3, -0.25) is 9.59 Å². The molecular weight excluding hydrogens is 364 g/mol. The Morgan fingerprint density at radius 1 is 1.15 bits per heavy atom. The molecule has 0 saturated carbocycles. The average molecular weight is 387 g/mol. The summed E-state index contributed by atoms with van der Waals surface area (Å²) in [7, 11) is 0. The van der Waals surface area contributed by atoms with Gasteiger partial charge in [-0.05, 0) is 69.2 Å². The van der Waals surface area contributed by atoms with Crippen LogP contribution in [-0.2, 0) is 9.59 Å². The summed E-state index contributed by atoms with van der Waals surface area (Å²) >= 11 is 6.09. The molecule has 27 heavy (non-hydrogen) atoms. The summed E-state index contributed by atoms with van der Waals surface area (Å²) in [4.78, 5) is 26.8. The van der Waals surface area contributed by atoms with Crippen LogP contribution in [0.25, 0.3) is 0 Å². The number of amides is 2. The van der Waals surface area contributed by atoms with Gasteiger partial charge in [0.25, 0.3) is 5.91 Å². The molecule has 2 aromatic rings. The van der Waals surface area contributed by atoms with Crippen molar-refractivity contribution in [3.8, 4) is 5.75 Å². The first-order chi connectivity index (χ1) is 12.7. The highest BCUT2D eigenvalue weighted by Crippen LogP contribution is 2.39. The van der Waals surface area contributed by atoms with Gasteiger partial charge in [-0.15, -0.1) is 0 Å². The molecule has 1 heterocycles. The van der Waals surface area contributed by atoms with Crippen molar-refractivity contribution in [3.63, 3.8) is 0 Å². The van der Waals surface area contributed by atoms with Crippen molar-refractivity contribution >= 4 is 34.8 Å². The van der Waals surface area contributed by atoms with Crippen molar-refractivity contribution in [2.24, 2.45) is 0 Å². The smallest absolute Gasteiger partial charge is 0.270 e. The second-order valence-corrected chi connectivity index (χ2v) is 7.71. The normalized spacial score (nSPS) is 15.1. The Morgan fingerprint density at radius 2 is 1.89 bits per heavy atom. The predicted molar refractivity (Wildman–Crippen MR) is 108 cm³/mol. The molecule has 2 amide bonds. The molecule has 3 rings (SSSR count). The van der Waals surface area contributed by atoms with E-state index in [2.05, 4.69) is 5.32 Å². The van der Waals surface area contributed by atoms with Crippen molar-refractivity contribution < 1.29 is 14.3 Å². The molecule has 6 heteroatoms. The molecule has 0 radical (unpaired) electrons. The molecule has 1 aliphatic heterocycles.